The highest BCUT2D eigenvalue weighted by Gasteiger charge is 2.15. The van der Waals surface area contributed by atoms with Crippen molar-refractivity contribution in [2.24, 2.45) is 5.73 Å². The molecular weight excluding hydrogens is 362 g/mol. The van der Waals surface area contributed by atoms with Crippen LogP contribution in [0.25, 0.3) is 0 Å². The van der Waals surface area contributed by atoms with E-state index in [1.165, 1.54) is 4.90 Å². The molecule has 1 amide bonds. The van der Waals surface area contributed by atoms with E-state index in [1.54, 1.807) is 7.11 Å². The molecule has 0 spiro atoms. The number of rotatable bonds is 8. The molecule has 2 aromatic rings. The summed E-state index contributed by atoms with van der Waals surface area (Å²) in [5, 5.41) is 0. The lowest BCUT2D eigenvalue weighted by atomic mass is 10.1. The van der Waals surface area contributed by atoms with Gasteiger partial charge < -0.3 is 20.1 Å². The number of ether oxygens (including phenoxy) is 2. The van der Waals surface area contributed by atoms with Crippen LogP contribution in [-0.4, -0.2) is 31.2 Å². The Morgan fingerprint density at radius 2 is 1.96 bits per heavy atom. The number of aryl methyl sites for hydroxylation is 2. The molecular formula is C20H28N3O3S+. The van der Waals surface area contributed by atoms with Gasteiger partial charge in [0.2, 0.25) is 0 Å². The summed E-state index contributed by atoms with van der Waals surface area (Å²) in [6.45, 7) is 7.77. The molecule has 1 aromatic heterocycles. The molecule has 1 heterocycles. The van der Waals surface area contributed by atoms with E-state index in [9.17, 15) is 4.79 Å². The maximum Gasteiger partial charge on any atom is 0.251 e. The minimum Gasteiger partial charge on any atom is -0.493 e. The minimum absolute atomic E-state index is 0.422. The number of nitrogens with two attached hydrogens (primary N) is 1. The van der Waals surface area contributed by atoms with Crippen molar-refractivity contribution >= 4 is 18.1 Å². The summed E-state index contributed by atoms with van der Waals surface area (Å²) in [6, 6.07) is 7.90. The molecule has 0 aliphatic carbocycles. The lowest BCUT2D eigenvalue weighted by Gasteiger charge is -2.20. The molecule has 7 heteroatoms. The summed E-state index contributed by atoms with van der Waals surface area (Å²) in [5.74, 6) is 0.977. The van der Waals surface area contributed by atoms with E-state index in [2.05, 4.69) is 7.05 Å². The molecule has 146 valence electrons. The normalized spacial score (nSPS) is 11.9. The molecule has 0 aliphatic rings. The van der Waals surface area contributed by atoms with Crippen LogP contribution in [0.15, 0.2) is 24.3 Å². The molecule has 0 radical (unpaired) electrons. The van der Waals surface area contributed by atoms with Crippen LogP contribution in [0, 0.1) is 18.5 Å². The van der Waals surface area contributed by atoms with Crippen molar-refractivity contribution in [3.8, 4) is 11.5 Å². The Morgan fingerprint density at radius 1 is 1.26 bits per heavy atom. The second kappa shape index (κ2) is 9.01. The first-order valence-corrected chi connectivity index (χ1v) is 9.31. The maximum absolute atomic E-state index is 11.7. The Labute approximate surface area is 165 Å². The van der Waals surface area contributed by atoms with E-state index in [0.717, 1.165) is 34.9 Å². The van der Waals surface area contributed by atoms with Gasteiger partial charge in [-0.25, -0.2) is 0 Å². The zero-order valence-corrected chi connectivity index (χ0v) is 17.4. The fraction of sp³-hybridized carbons (Fsp3) is 0.400. The Bertz CT molecular complexity index is 893. The summed E-state index contributed by atoms with van der Waals surface area (Å²) in [5.41, 5.74) is 8.88. The maximum atomic E-state index is 11.7. The van der Waals surface area contributed by atoms with Crippen molar-refractivity contribution < 1.29 is 19.2 Å². The SMILES string of the molecule is CCOc1ccc(C[NH+](C)Cn2c(C)cc(C)c(C(N)=O)c2=S)cc1OC. The fourth-order valence-corrected chi connectivity index (χ4v) is 3.66. The van der Waals surface area contributed by atoms with Gasteiger partial charge in [-0.2, -0.15) is 0 Å². The summed E-state index contributed by atoms with van der Waals surface area (Å²) in [4.78, 5) is 13.0. The number of pyridine rings is 1. The zero-order valence-electron chi connectivity index (χ0n) is 16.6. The molecule has 1 aromatic carbocycles. The van der Waals surface area contributed by atoms with Gasteiger partial charge in [-0.1, -0.05) is 12.2 Å². The van der Waals surface area contributed by atoms with E-state index in [4.69, 9.17) is 27.4 Å². The molecule has 27 heavy (non-hydrogen) atoms. The first-order valence-electron chi connectivity index (χ1n) is 8.90. The molecule has 0 saturated heterocycles. The number of hydrogen-bond donors (Lipinski definition) is 2. The third-order valence-corrected chi connectivity index (χ3v) is 4.84. The average Bonchev–Trinajstić information content (AvgIpc) is 2.59. The lowest BCUT2D eigenvalue weighted by Crippen LogP contribution is -3.07. The molecule has 2 rings (SSSR count). The van der Waals surface area contributed by atoms with Gasteiger partial charge in [0.05, 0.1) is 26.3 Å². The van der Waals surface area contributed by atoms with Gasteiger partial charge in [0.15, 0.2) is 18.2 Å². The fourth-order valence-electron chi connectivity index (χ4n) is 3.19. The largest absolute Gasteiger partial charge is 0.493 e. The number of aromatic nitrogens is 1. The first kappa shape index (κ1) is 20.9. The average molecular weight is 391 g/mol. The molecule has 1 unspecified atom stereocenters. The van der Waals surface area contributed by atoms with Crippen molar-refractivity contribution in [2.75, 3.05) is 20.8 Å². The molecule has 0 aliphatic heterocycles. The van der Waals surface area contributed by atoms with E-state index in [0.29, 0.717) is 23.5 Å². The van der Waals surface area contributed by atoms with Gasteiger partial charge in [0.1, 0.15) is 11.2 Å². The van der Waals surface area contributed by atoms with Crippen molar-refractivity contribution in [1.82, 2.24) is 4.57 Å². The third-order valence-electron chi connectivity index (χ3n) is 4.41. The van der Waals surface area contributed by atoms with Gasteiger partial charge in [-0.3, -0.25) is 9.36 Å². The van der Waals surface area contributed by atoms with Crippen LogP contribution in [0.5, 0.6) is 11.5 Å². The molecule has 0 bridgehead atoms. The topological polar surface area (TPSA) is 70.9 Å². The van der Waals surface area contributed by atoms with Gasteiger partial charge in [-0.05, 0) is 50.6 Å². The molecule has 3 N–H and O–H groups in total. The predicted octanol–water partition coefficient (Wildman–Crippen LogP) is 2.01. The minimum atomic E-state index is -0.486. The van der Waals surface area contributed by atoms with Crippen LogP contribution in [-0.2, 0) is 13.2 Å². The van der Waals surface area contributed by atoms with Crippen molar-refractivity contribution in [1.29, 1.82) is 0 Å². The second-order valence-electron chi connectivity index (χ2n) is 6.65. The number of methoxy groups -OCH3 is 1. The highest BCUT2D eigenvalue weighted by Crippen LogP contribution is 2.27. The van der Waals surface area contributed by atoms with Crippen LogP contribution < -0.4 is 20.1 Å². The summed E-state index contributed by atoms with van der Waals surface area (Å²) in [7, 11) is 3.71. The molecule has 0 fully saturated rings. The number of nitrogens with zero attached hydrogens (tertiary/aromatic N) is 1. The Balaban J connectivity index is 2.24. The van der Waals surface area contributed by atoms with E-state index in [1.807, 2.05) is 49.6 Å². The number of benzene rings is 1. The Kier molecular flexibility index (Phi) is 6.98. The van der Waals surface area contributed by atoms with Crippen LogP contribution in [0.3, 0.4) is 0 Å². The number of carbonyl (C=O) groups is 1. The molecule has 1 atom stereocenters. The van der Waals surface area contributed by atoms with Crippen molar-refractivity contribution in [3.05, 3.63) is 51.3 Å². The summed E-state index contributed by atoms with van der Waals surface area (Å²) >= 11 is 5.52. The number of quaternary nitrogens is 1. The van der Waals surface area contributed by atoms with Crippen molar-refractivity contribution in [3.63, 3.8) is 0 Å². The third kappa shape index (κ3) is 4.87. The summed E-state index contributed by atoms with van der Waals surface area (Å²) < 4.78 is 13.4. The zero-order chi connectivity index (χ0) is 20.1. The smallest absolute Gasteiger partial charge is 0.251 e. The first-order chi connectivity index (χ1) is 12.8. The Hall–Kier alpha value is -2.38. The predicted molar refractivity (Wildman–Crippen MR) is 108 cm³/mol. The van der Waals surface area contributed by atoms with E-state index >= 15 is 0 Å². The standard InChI is InChI=1S/C20H27N3O3S/c1-6-26-16-8-7-15(10-17(16)25-5)11-22(4)12-23-14(3)9-13(2)18(19(21)24)20(23)27/h7-10H,6,11-12H2,1-5H3,(H2,21,24)/p+1. The second-order valence-corrected chi connectivity index (χ2v) is 7.04. The van der Waals surface area contributed by atoms with Crippen LogP contribution in [0.2, 0.25) is 0 Å². The molecule has 6 nitrogen and oxygen atoms in total. The monoisotopic (exact) mass is 390 g/mol. The van der Waals surface area contributed by atoms with Crippen molar-refractivity contribution in [2.45, 2.75) is 34.0 Å². The highest BCUT2D eigenvalue weighted by molar-refractivity contribution is 7.71. The highest BCUT2D eigenvalue weighted by atomic mass is 32.1. The van der Waals surface area contributed by atoms with Crippen LogP contribution in [0.1, 0.15) is 34.1 Å². The van der Waals surface area contributed by atoms with Gasteiger partial charge in [0, 0.05) is 11.3 Å². The van der Waals surface area contributed by atoms with Crippen LogP contribution >= 0.6 is 12.2 Å². The number of nitrogens with one attached hydrogen (secondary N) is 1. The summed E-state index contributed by atoms with van der Waals surface area (Å²) in [6.07, 6.45) is 0. The van der Waals surface area contributed by atoms with Crippen LogP contribution in [0.4, 0.5) is 0 Å². The number of amides is 1. The van der Waals surface area contributed by atoms with Gasteiger partial charge in [-0.15, -0.1) is 0 Å². The number of primary amides is 1. The van der Waals surface area contributed by atoms with E-state index in [-0.39, 0.29) is 0 Å². The van der Waals surface area contributed by atoms with Gasteiger partial charge >= 0.3 is 0 Å². The number of carbonyl (C=O) groups excluding carboxylic acids is 1. The quantitative estimate of drug-likeness (QED) is 0.677. The molecule has 0 saturated carbocycles. The Morgan fingerprint density at radius 3 is 2.56 bits per heavy atom. The number of hydrogen-bond acceptors (Lipinski definition) is 4. The lowest BCUT2D eigenvalue weighted by molar-refractivity contribution is -0.917. The van der Waals surface area contributed by atoms with Gasteiger partial charge in [0.25, 0.3) is 5.91 Å². The van der Waals surface area contributed by atoms with E-state index < -0.39 is 5.91 Å².